The lowest BCUT2D eigenvalue weighted by Gasteiger charge is -2.06. The quantitative estimate of drug-likeness (QED) is 0.637. The van der Waals surface area contributed by atoms with Crippen LogP contribution in [-0.4, -0.2) is 29.4 Å². The van der Waals surface area contributed by atoms with E-state index in [1.165, 1.54) is 13.3 Å². The van der Waals surface area contributed by atoms with Gasteiger partial charge in [0, 0.05) is 24.0 Å². The van der Waals surface area contributed by atoms with Crippen molar-refractivity contribution in [1.29, 1.82) is 0 Å². The van der Waals surface area contributed by atoms with E-state index in [1.54, 1.807) is 12.3 Å². The van der Waals surface area contributed by atoms with Crippen LogP contribution in [0, 0.1) is 6.92 Å². The second-order valence-corrected chi connectivity index (χ2v) is 3.58. The molecule has 0 bridgehead atoms. The lowest BCUT2D eigenvalue weighted by atomic mass is 10.1. The van der Waals surface area contributed by atoms with Gasteiger partial charge in [-0.25, -0.2) is 14.8 Å². The van der Waals surface area contributed by atoms with Gasteiger partial charge in [-0.15, -0.1) is 0 Å². The van der Waals surface area contributed by atoms with Crippen LogP contribution in [0.2, 0.25) is 0 Å². The Morgan fingerprint density at radius 3 is 2.72 bits per heavy atom. The number of hydrogen-bond acceptors (Lipinski definition) is 4. The Morgan fingerprint density at radius 1 is 1.56 bits per heavy atom. The van der Waals surface area contributed by atoms with E-state index in [0.717, 1.165) is 11.1 Å². The first-order valence-corrected chi connectivity index (χ1v) is 5.12. The zero-order chi connectivity index (χ0) is 13.7. The summed E-state index contributed by atoms with van der Waals surface area (Å²) in [7, 11) is 1.54. The minimum atomic E-state index is -1.16. The van der Waals surface area contributed by atoms with Crippen LogP contribution in [0.15, 0.2) is 36.1 Å². The number of aliphatic carboxylic acids is 1. The van der Waals surface area contributed by atoms with E-state index in [2.05, 4.69) is 23.1 Å². The monoisotopic (exact) mass is 246 g/mol. The third kappa shape index (κ3) is 3.28. The van der Waals surface area contributed by atoms with E-state index in [1.807, 2.05) is 6.92 Å². The molecule has 0 radical (unpaired) electrons. The van der Waals surface area contributed by atoms with Crippen molar-refractivity contribution < 1.29 is 14.6 Å². The molecule has 0 fully saturated rings. The number of hydrogen-bond donors (Lipinski definition) is 1. The Bertz CT molecular complexity index is 533. The zero-order valence-electron chi connectivity index (χ0n) is 10.3. The molecule has 1 rings (SSSR count). The van der Waals surface area contributed by atoms with Gasteiger partial charge in [0.1, 0.15) is 5.70 Å². The Morgan fingerprint density at radius 2 is 2.22 bits per heavy atom. The molecule has 18 heavy (non-hydrogen) atoms. The number of allylic oxidation sites excluding steroid dienone is 1. The third-order valence-corrected chi connectivity index (χ3v) is 2.26. The largest absolute Gasteiger partial charge is 0.481 e. The summed E-state index contributed by atoms with van der Waals surface area (Å²) in [6, 6.07) is 1.76. The normalized spacial score (nSPS) is 10.3. The number of aryl methyl sites for hydroxylation is 1. The summed E-state index contributed by atoms with van der Waals surface area (Å²) < 4.78 is 4.99. The SMILES string of the molecule is C=C(N=CC(=C)c1cnc(OC)cc1C)C(=O)O. The second-order valence-electron chi connectivity index (χ2n) is 3.58. The van der Waals surface area contributed by atoms with Crippen molar-refractivity contribution in [3.63, 3.8) is 0 Å². The van der Waals surface area contributed by atoms with E-state index in [-0.39, 0.29) is 5.70 Å². The van der Waals surface area contributed by atoms with E-state index in [9.17, 15) is 4.79 Å². The molecule has 0 amide bonds. The van der Waals surface area contributed by atoms with Crippen LogP contribution in [0.1, 0.15) is 11.1 Å². The molecular weight excluding hydrogens is 232 g/mol. The average Bonchev–Trinajstić information content (AvgIpc) is 2.34. The molecule has 1 aromatic heterocycles. The van der Waals surface area contributed by atoms with Crippen molar-refractivity contribution in [3.8, 4) is 5.88 Å². The Balaban J connectivity index is 2.91. The standard InChI is InChI=1S/C13H14N2O3/c1-8-5-12(18-4)15-7-11(8)9(2)6-14-10(3)13(16)17/h5-7H,2-3H2,1,4H3,(H,16,17). The van der Waals surface area contributed by atoms with Gasteiger partial charge in [-0.3, -0.25) is 0 Å². The molecule has 0 saturated heterocycles. The first-order chi connectivity index (χ1) is 8.45. The number of rotatable bonds is 5. The summed E-state index contributed by atoms with van der Waals surface area (Å²) >= 11 is 0. The van der Waals surface area contributed by atoms with Gasteiger partial charge in [-0.2, -0.15) is 0 Å². The zero-order valence-corrected chi connectivity index (χ0v) is 10.3. The lowest BCUT2D eigenvalue weighted by molar-refractivity contribution is -0.132. The molecular formula is C13H14N2O3. The summed E-state index contributed by atoms with van der Waals surface area (Å²) in [4.78, 5) is 18.3. The Hall–Kier alpha value is -2.43. The minimum Gasteiger partial charge on any atom is -0.481 e. The van der Waals surface area contributed by atoms with Crippen molar-refractivity contribution in [2.45, 2.75) is 6.92 Å². The van der Waals surface area contributed by atoms with Crippen LogP contribution in [-0.2, 0) is 4.79 Å². The number of aliphatic imine (C=N–C) groups is 1. The maximum Gasteiger partial charge on any atom is 0.353 e. The number of nitrogens with zero attached hydrogens (tertiary/aromatic N) is 2. The van der Waals surface area contributed by atoms with Gasteiger partial charge in [0.2, 0.25) is 5.88 Å². The Labute approximate surface area is 105 Å². The number of ether oxygens (including phenoxy) is 1. The molecule has 0 unspecified atom stereocenters. The van der Waals surface area contributed by atoms with Gasteiger partial charge in [0.25, 0.3) is 0 Å². The van der Waals surface area contributed by atoms with Gasteiger partial charge < -0.3 is 9.84 Å². The van der Waals surface area contributed by atoms with Crippen LogP contribution in [0.4, 0.5) is 0 Å². The van der Waals surface area contributed by atoms with Crippen molar-refractivity contribution in [2.24, 2.45) is 4.99 Å². The van der Waals surface area contributed by atoms with E-state index in [0.29, 0.717) is 11.5 Å². The van der Waals surface area contributed by atoms with Gasteiger partial charge in [0.15, 0.2) is 0 Å². The molecule has 0 aromatic carbocycles. The smallest absolute Gasteiger partial charge is 0.353 e. The number of carboxylic acids is 1. The maximum absolute atomic E-state index is 10.5. The average molecular weight is 246 g/mol. The molecule has 0 saturated carbocycles. The Kier molecular flexibility index (Phi) is 4.37. The minimum absolute atomic E-state index is 0.240. The first-order valence-electron chi connectivity index (χ1n) is 5.12. The summed E-state index contributed by atoms with van der Waals surface area (Å²) in [6.45, 7) is 8.98. The van der Waals surface area contributed by atoms with E-state index >= 15 is 0 Å². The molecule has 1 N–H and O–H groups in total. The topological polar surface area (TPSA) is 71.8 Å². The van der Waals surface area contributed by atoms with Gasteiger partial charge in [-0.05, 0) is 18.1 Å². The highest BCUT2D eigenvalue weighted by Crippen LogP contribution is 2.18. The highest BCUT2D eigenvalue weighted by Gasteiger charge is 2.05. The predicted molar refractivity (Wildman–Crippen MR) is 69.8 cm³/mol. The van der Waals surface area contributed by atoms with Crippen LogP contribution in [0.25, 0.3) is 5.57 Å². The summed E-state index contributed by atoms with van der Waals surface area (Å²) in [5.41, 5.74) is 2.01. The number of methoxy groups -OCH3 is 1. The van der Waals surface area contributed by atoms with Crippen LogP contribution >= 0.6 is 0 Å². The van der Waals surface area contributed by atoms with Gasteiger partial charge in [0.05, 0.1) is 7.11 Å². The van der Waals surface area contributed by atoms with Gasteiger partial charge in [-0.1, -0.05) is 13.2 Å². The maximum atomic E-state index is 10.5. The molecule has 0 aliphatic rings. The lowest BCUT2D eigenvalue weighted by Crippen LogP contribution is -1.98. The molecule has 94 valence electrons. The third-order valence-electron chi connectivity index (χ3n) is 2.26. The number of carbonyl (C=O) groups is 1. The highest BCUT2D eigenvalue weighted by atomic mass is 16.5. The van der Waals surface area contributed by atoms with Crippen molar-refractivity contribution in [3.05, 3.63) is 42.2 Å². The fourth-order valence-corrected chi connectivity index (χ4v) is 1.26. The van der Waals surface area contributed by atoms with Crippen LogP contribution in [0.5, 0.6) is 5.88 Å². The number of aromatic nitrogens is 1. The molecule has 1 aromatic rings. The molecule has 5 heteroatoms. The second kappa shape index (κ2) is 5.77. The van der Waals surface area contributed by atoms with Crippen molar-refractivity contribution in [2.75, 3.05) is 7.11 Å². The molecule has 5 nitrogen and oxygen atoms in total. The van der Waals surface area contributed by atoms with Crippen molar-refractivity contribution in [1.82, 2.24) is 4.98 Å². The fourth-order valence-electron chi connectivity index (χ4n) is 1.26. The molecule has 0 aliphatic heterocycles. The summed E-state index contributed by atoms with van der Waals surface area (Å²) in [5.74, 6) is -0.653. The first kappa shape index (κ1) is 13.6. The van der Waals surface area contributed by atoms with Crippen LogP contribution in [0.3, 0.4) is 0 Å². The van der Waals surface area contributed by atoms with Gasteiger partial charge >= 0.3 is 5.97 Å². The molecule has 0 aliphatic carbocycles. The number of pyridine rings is 1. The van der Waals surface area contributed by atoms with E-state index < -0.39 is 5.97 Å². The molecule has 1 heterocycles. The predicted octanol–water partition coefficient (Wildman–Crippen LogP) is 2.08. The fraction of sp³-hybridized carbons (Fsp3) is 0.154. The summed E-state index contributed by atoms with van der Waals surface area (Å²) in [5, 5.41) is 8.62. The highest BCUT2D eigenvalue weighted by molar-refractivity contribution is 6.10. The van der Waals surface area contributed by atoms with Crippen molar-refractivity contribution >= 4 is 17.8 Å². The summed E-state index contributed by atoms with van der Waals surface area (Å²) in [6.07, 6.45) is 2.96. The number of carboxylic acid groups (broad SMARTS) is 1. The molecule has 0 atom stereocenters. The molecule has 0 spiro atoms. The van der Waals surface area contributed by atoms with E-state index in [4.69, 9.17) is 9.84 Å². The van der Waals surface area contributed by atoms with Crippen LogP contribution < -0.4 is 4.74 Å².